The zero-order valence-electron chi connectivity index (χ0n) is 14.5. The van der Waals surface area contributed by atoms with Gasteiger partial charge in [0, 0.05) is 12.7 Å². The highest BCUT2D eigenvalue weighted by atomic mass is 19.1. The minimum absolute atomic E-state index is 0.00378. The molecule has 0 aliphatic heterocycles. The van der Waals surface area contributed by atoms with E-state index in [1.807, 2.05) is 32.0 Å². The van der Waals surface area contributed by atoms with Gasteiger partial charge in [-0.1, -0.05) is 24.3 Å². The molecule has 25 heavy (non-hydrogen) atoms. The number of carbonyl (C=O) groups excluding carboxylic acids is 2. The summed E-state index contributed by atoms with van der Waals surface area (Å²) in [6, 6.07) is 11.6. The van der Waals surface area contributed by atoms with Crippen molar-refractivity contribution >= 4 is 17.5 Å². The van der Waals surface area contributed by atoms with E-state index in [1.54, 1.807) is 6.07 Å². The number of rotatable bonds is 6. The van der Waals surface area contributed by atoms with Gasteiger partial charge in [0.1, 0.15) is 0 Å². The number of hydrogen-bond donors (Lipinski definition) is 1. The molecule has 5 nitrogen and oxygen atoms in total. The van der Waals surface area contributed by atoms with E-state index in [4.69, 9.17) is 4.74 Å². The summed E-state index contributed by atoms with van der Waals surface area (Å²) in [5.41, 5.74) is 2.69. The average molecular weight is 344 g/mol. The maximum absolute atomic E-state index is 13.4. The molecule has 0 fully saturated rings. The quantitative estimate of drug-likeness (QED) is 0.877. The maximum atomic E-state index is 13.4. The Morgan fingerprint density at radius 2 is 1.88 bits per heavy atom. The SMILES string of the molecule is Cc1ccc(C)c(NC(=O)CN(C)C(=O)COc2ccccc2F)c1. The lowest BCUT2D eigenvalue weighted by atomic mass is 10.1. The predicted octanol–water partition coefficient (Wildman–Crippen LogP) is 2.92. The number of aryl methyl sites for hydroxylation is 2. The highest BCUT2D eigenvalue weighted by Gasteiger charge is 2.15. The van der Waals surface area contributed by atoms with Crippen molar-refractivity contribution in [1.82, 2.24) is 4.90 Å². The Morgan fingerprint density at radius 3 is 2.60 bits per heavy atom. The van der Waals surface area contributed by atoms with Crippen molar-refractivity contribution in [3.05, 3.63) is 59.4 Å². The van der Waals surface area contributed by atoms with Crippen LogP contribution in [0, 0.1) is 19.7 Å². The first-order chi connectivity index (χ1) is 11.9. The van der Waals surface area contributed by atoms with Crippen LogP contribution in [0.4, 0.5) is 10.1 Å². The smallest absolute Gasteiger partial charge is 0.260 e. The number of ether oxygens (including phenoxy) is 1. The summed E-state index contributed by atoms with van der Waals surface area (Å²) in [6.07, 6.45) is 0. The number of amides is 2. The van der Waals surface area contributed by atoms with E-state index in [9.17, 15) is 14.0 Å². The fraction of sp³-hybridized carbons (Fsp3) is 0.263. The van der Waals surface area contributed by atoms with Gasteiger partial charge in [-0.05, 0) is 43.2 Å². The number of anilines is 1. The second-order valence-corrected chi connectivity index (χ2v) is 5.84. The standard InChI is InChI=1S/C19H21FN2O3/c1-13-8-9-14(2)16(10-13)21-18(23)11-22(3)19(24)12-25-17-7-5-4-6-15(17)20/h4-10H,11-12H2,1-3H3,(H,21,23). The van der Waals surface area contributed by atoms with Gasteiger partial charge in [0.15, 0.2) is 18.2 Å². The monoisotopic (exact) mass is 344 g/mol. The summed E-state index contributed by atoms with van der Waals surface area (Å²) in [5, 5.41) is 2.79. The van der Waals surface area contributed by atoms with E-state index in [1.165, 1.54) is 30.1 Å². The minimum atomic E-state index is -0.536. The van der Waals surface area contributed by atoms with Crippen molar-refractivity contribution in [2.24, 2.45) is 0 Å². The molecule has 0 atom stereocenters. The number of likely N-dealkylation sites (N-methyl/N-ethyl adjacent to an activating group) is 1. The zero-order valence-corrected chi connectivity index (χ0v) is 14.5. The van der Waals surface area contributed by atoms with Crippen LogP contribution in [-0.2, 0) is 9.59 Å². The summed E-state index contributed by atoms with van der Waals surface area (Å²) in [6.45, 7) is 3.37. The second kappa shape index (κ2) is 8.28. The molecule has 0 spiro atoms. The van der Waals surface area contributed by atoms with Crippen LogP contribution < -0.4 is 10.1 Å². The van der Waals surface area contributed by atoms with Crippen LogP contribution in [-0.4, -0.2) is 36.9 Å². The number of halogens is 1. The van der Waals surface area contributed by atoms with Crippen LogP contribution in [0.25, 0.3) is 0 Å². The third kappa shape index (κ3) is 5.31. The summed E-state index contributed by atoms with van der Waals surface area (Å²) in [7, 11) is 1.50. The molecular weight excluding hydrogens is 323 g/mol. The van der Waals surface area contributed by atoms with Crippen molar-refractivity contribution in [2.45, 2.75) is 13.8 Å². The van der Waals surface area contributed by atoms with Crippen molar-refractivity contribution in [3.63, 3.8) is 0 Å². The van der Waals surface area contributed by atoms with E-state index >= 15 is 0 Å². The Hall–Kier alpha value is -2.89. The van der Waals surface area contributed by atoms with E-state index in [-0.39, 0.29) is 24.8 Å². The van der Waals surface area contributed by atoms with E-state index in [0.29, 0.717) is 5.69 Å². The molecule has 0 saturated heterocycles. The number of benzene rings is 2. The molecule has 0 aliphatic rings. The lowest BCUT2D eigenvalue weighted by molar-refractivity contribution is -0.135. The average Bonchev–Trinajstić information content (AvgIpc) is 2.57. The van der Waals surface area contributed by atoms with Gasteiger partial charge in [-0.15, -0.1) is 0 Å². The Bertz CT molecular complexity index is 777. The number of carbonyl (C=O) groups is 2. The fourth-order valence-corrected chi connectivity index (χ4v) is 2.18. The second-order valence-electron chi connectivity index (χ2n) is 5.84. The Morgan fingerprint density at radius 1 is 1.16 bits per heavy atom. The molecule has 6 heteroatoms. The molecule has 0 bridgehead atoms. The number of nitrogens with zero attached hydrogens (tertiary/aromatic N) is 1. The van der Waals surface area contributed by atoms with E-state index in [2.05, 4.69) is 5.32 Å². The van der Waals surface area contributed by atoms with E-state index < -0.39 is 11.7 Å². The van der Waals surface area contributed by atoms with Crippen LogP contribution in [0.15, 0.2) is 42.5 Å². The van der Waals surface area contributed by atoms with Gasteiger partial charge in [-0.25, -0.2) is 4.39 Å². The molecule has 2 aromatic carbocycles. The van der Waals surface area contributed by atoms with Crippen molar-refractivity contribution in [3.8, 4) is 5.75 Å². The molecule has 2 aromatic rings. The van der Waals surface area contributed by atoms with Crippen LogP contribution in [0.1, 0.15) is 11.1 Å². The van der Waals surface area contributed by atoms with Crippen LogP contribution in [0.3, 0.4) is 0 Å². The van der Waals surface area contributed by atoms with Gasteiger partial charge >= 0.3 is 0 Å². The molecule has 0 heterocycles. The zero-order chi connectivity index (χ0) is 18.4. The Kier molecular flexibility index (Phi) is 6.11. The molecule has 132 valence electrons. The molecule has 0 unspecified atom stereocenters. The third-order valence-corrected chi connectivity index (χ3v) is 3.66. The molecular formula is C19H21FN2O3. The van der Waals surface area contributed by atoms with Crippen LogP contribution in [0.5, 0.6) is 5.75 Å². The first kappa shape index (κ1) is 18.4. The first-order valence-corrected chi connectivity index (χ1v) is 7.85. The summed E-state index contributed by atoms with van der Waals surface area (Å²) < 4.78 is 18.6. The molecule has 0 radical (unpaired) electrons. The molecule has 0 saturated carbocycles. The fourth-order valence-electron chi connectivity index (χ4n) is 2.18. The molecule has 2 amide bonds. The number of nitrogens with one attached hydrogen (secondary N) is 1. The van der Waals surface area contributed by atoms with Gasteiger partial charge in [-0.2, -0.15) is 0 Å². The van der Waals surface area contributed by atoms with Crippen LogP contribution in [0.2, 0.25) is 0 Å². The predicted molar refractivity (Wildman–Crippen MR) is 94.1 cm³/mol. The maximum Gasteiger partial charge on any atom is 0.260 e. The van der Waals surface area contributed by atoms with Crippen molar-refractivity contribution < 1.29 is 18.7 Å². The lowest BCUT2D eigenvalue weighted by Crippen LogP contribution is -2.37. The highest BCUT2D eigenvalue weighted by Crippen LogP contribution is 2.17. The van der Waals surface area contributed by atoms with Gasteiger partial charge < -0.3 is 15.0 Å². The largest absolute Gasteiger partial charge is 0.481 e. The van der Waals surface area contributed by atoms with Crippen molar-refractivity contribution in [1.29, 1.82) is 0 Å². The minimum Gasteiger partial charge on any atom is -0.481 e. The third-order valence-electron chi connectivity index (χ3n) is 3.66. The molecule has 0 aromatic heterocycles. The summed E-state index contributed by atoms with van der Waals surface area (Å²) >= 11 is 0. The number of para-hydroxylation sites is 1. The van der Waals surface area contributed by atoms with Crippen LogP contribution >= 0.6 is 0 Å². The molecule has 1 N–H and O–H groups in total. The number of hydrogen-bond acceptors (Lipinski definition) is 3. The van der Waals surface area contributed by atoms with Gasteiger partial charge in [0.2, 0.25) is 5.91 Å². The topological polar surface area (TPSA) is 58.6 Å². The van der Waals surface area contributed by atoms with E-state index in [0.717, 1.165) is 11.1 Å². The van der Waals surface area contributed by atoms with Gasteiger partial charge in [0.25, 0.3) is 5.91 Å². The normalized spacial score (nSPS) is 10.2. The Balaban J connectivity index is 1.86. The van der Waals surface area contributed by atoms with Crippen molar-refractivity contribution in [2.75, 3.05) is 25.5 Å². The van der Waals surface area contributed by atoms with Gasteiger partial charge in [-0.3, -0.25) is 9.59 Å². The summed E-state index contributed by atoms with van der Waals surface area (Å²) in [4.78, 5) is 25.4. The first-order valence-electron chi connectivity index (χ1n) is 7.85. The highest BCUT2D eigenvalue weighted by molar-refractivity contribution is 5.95. The lowest BCUT2D eigenvalue weighted by Gasteiger charge is -2.18. The van der Waals surface area contributed by atoms with Gasteiger partial charge in [0.05, 0.1) is 6.54 Å². The Labute approximate surface area is 146 Å². The molecule has 0 aliphatic carbocycles. The molecule has 2 rings (SSSR count). The summed E-state index contributed by atoms with van der Waals surface area (Å²) in [5.74, 6) is -1.26.